The second-order valence-electron chi connectivity index (χ2n) is 4.16. The summed E-state index contributed by atoms with van der Waals surface area (Å²) in [4.78, 5) is 0. The highest BCUT2D eigenvalue weighted by atomic mass is 32.2. The average molecular weight is 277 g/mol. The van der Waals surface area contributed by atoms with E-state index in [0.717, 1.165) is 36.1 Å². The van der Waals surface area contributed by atoms with Crippen LogP contribution < -0.4 is 5.32 Å². The maximum atomic E-state index is 4.07. The highest BCUT2D eigenvalue weighted by Gasteiger charge is 2.07. The first-order valence-corrected chi connectivity index (χ1v) is 7.57. The van der Waals surface area contributed by atoms with Gasteiger partial charge in [0.25, 0.3) is 0 Å². The number of rotatable bonds is 8. The van der Waals surface area contributed by atoms with Crippen molar-refractivity contribution in [3.8, 4) is 5.69 Å². The predicted octanol–water partition coefficient (Wildman–Crippen LogP) is 2.14. The third kappa shape index (κ3) is 4.33. The minimum atomic E-state index is 0.849. The summed E-state index contributed by atoms with van der Waals surface area (Å²) < 4.78 is 1.78. The van der Waals surface area contributed by atoms with Crippen LogP contribution >= 0.6 is 11.8 Å². The van der Waals surface area contributed by atoms with Crippen LogP contribution in [0.5, 0.6) is 0 Å². The highest BCUT2D eigenvalue weighted by molar-refractivity contribution is 7.99. The zero-order valence-corrected chi connectivity index (χ0v) is 11.9. The molecule has 5 nitrogen and oxygen atoms in total. The molecule has 0 aliphatic carbocycles. The van der Waals surface area contributed by atoms with Gasteiger partial charge in [-0.05, 0) is 48.5 Å². The van der Waals surface area contributed by atoms with Crippen LogP contribution in [0.1, 0.15) is 19.8 Å². The van der Waals surface area contributed by atoms with E-state index in [1.165, 1.54) is 6.42 Å². The second-order valence-corrected chi connectivity index (χ2v) is 5.22. The molecule has 0 atom stereocenters. The Hall–Kier alpha value is -1.40. The molecule has 19 heavy (non-hydrogen) atoms. The lowest BCUT2D eigenvalue weighted by molar-refractivity contribution is 0.664. The molecule has 0 spiro atoms. The number of hydrogen-bond donors (Lipinski definition) is 1. The molecule has 1 aromatic heterocycles. The van der Waals surface area contributed by atoms with E-state index in [0.29, 0.717) is 0 Å². The molecule has 0 fully saturated rings. The molecule has 0 aliphatic heterocycles. The smallest absolute Gasteiger partial charge is 0.214 e. The van der Waals surface area contributed by atoms with Crippen molar-refractivity contribution in [1.29, 1.82) is 0 Å². The van der Waals surface area contributed by atoms with Gasteiger partial charge in [-0.15, -0.1) is 5.10 Å². The largest absolute Gasteiger partial charge is 0.317 e. The summed E-state index contributed by atoms with van der Waals surface area (Å²) in [6.07, 6.45) is 2.30. The minimum Gasteiger partial charge on any atom is -0.317 e. The summed E-state index contributed by atoms with van der Waals surface area (Å²) in [5, 5.41) is 16.1. The molecule has 0 unspecified atom stereocenters. The molecule has 2 rings (SSSR count). The Bertz CT molecular complexity index is 471. The number of tetrazole rings is 1. The molecule has 1 heterocycles. The maximum absolute atomic E-state index is 4.07. The van der Waals surface area contributed by atoms with Crippen LogP contribution in [-0.4, -0.2) is 39.0 Å². The van der Waals surface area contributed by atoms with Gasteiger partial charge in [0.05, 0.1) is 5.69 Å². The Morgan fingerprint density at radius 2 is 2.05 bits per heavy atom. The van der Waals surface area contributed by atoms with Gasteiger partial charge in [-0.2, -0.15) is 4.68 Å². The van der Waals surface area contributed by atoms with Crippen LogP contribution in [0.2, 0.25) is 0 Å². The number of thioether (sulfide) groups is 1. The topological polar surface area (TPSA) is 55.6 Å². The summed E-state index contributed by atoms with van der Waals surface area (Å²) >= 11 is 1.69. The van der Waals surface area contributed by atoms with Gasteiger partial charge in [0.2, 0.25) is 5.16 Å². The van der Waals surface area contributed by atoms with Gasteiger partial charge in [0.1, 0.15) is 0 Å². The lowest BCUT2D eigenvalue weighted by Gasteiger charge is -2.04. The van der Waals surface area contributed by atoms with Crippen molar-refractivity contribution in [3.63, 3.8) is 0 Å². The second kappa shape index (κ2) is 7.91. The monoisotopic (exact) mass is 277 g/mol. The van der Waals surface area contributed by atoms with Crippen molar-refractivity contribution in [1.82, 2.24) is 25.5 Å². The summed E-state index contributed by atoms with van der Waals surface area (Å²) in [7, 11) is 0. The summed E-state index contributed by atoms with van der Waals surface area (Å²) in [5.41, 5.74) is 0.999. The molecule has 0 bridgehead atoms. The maximum Gasteiger partial charge on any atom is 0.214 e. The van der Waals surface area contributed by atoms with Gasteiger partial charge >= 0.3 is 0 Å². The van der Waals surface area contributed by atoms with Crippen LogP contribution in [0.25, 0.3) is 5.69 Å². The summed E-state index contributed by atoms with van der Waals surface area (Å²) in [6, 6.07) is 9.97. The third-order valence-electron chi connectivity index (χ3n) is 2.60. The third-order valence-corrected chi connectivity index (χ3v) is 3.60. The normalized spacial score (nSPS) is 10.8. The van der Waals surface area contributed by atoms with Crippen molar-refractivity contribution in [2.75, 3.05) is 18.8 Å². The molecule has 0 saturated carbocycles. The summed E-state index contributed by atoms with van der Waals surface area (Å²) in [6.45, 7) is 4.32. The zero-order valence-electron chi connectivity index (χ0n) is 11.1. The van der Waals surface area contributed by atoms with Crippen LogP contribution in [0, 0.1) is 0 Å². The number of para-hydroxylation sites is 1. The molecular formula is C13H19N5S. The molecule has 102 valence electrons. The fourth-order valence-corrected chi connectivity index (χ4v) is 2.49. The standard InChI is InChI=1S/C13H19N5S/c1-2-9-14-10-6-11-19-13-15-16-17-18(13)12-7-4-3-5-8-12/h3-5,7-8,14H,2,6,9-11H2,1H3. The molecule has 0 saturated heterocycles. The molecule has 0 radical (unpaired) electrons. The van der Waals surface area contributed by atoms with E-state index in [1.54, 1.807) is 16.4 Å². The Labute approximate surface area is 117 Å². The number of benzene rings is 1. The highest BCUT2D eigenvalue weighted by Crippen LogP contribution is 2.18. The van der Waals surface area contributed by atoms with E-state index < -0.39 is 0 Å². The average Bonchev–Trinajstić information content (AvgIpc) is 2.92. The number of hydrogen-bond acceptors (Lipinski definition) is 5. The van der Waals surface area contributed by atoms with Crippen molar-refractivity contribution in [2.24, 2.45) is 0 Å². The Kier molecular flexibility index (Phi) is 5.84. The fourth-order valence-electron chi connectivity index (χ4n) is 1.66. The molecule has 0 amide bonds. The molecule has 6 heteroatoms. The van der Waals surface area contributed by atoms with Crippen LogP contribution in [0.3, 0.4) is 0 Å². The Morgan fingerprint density at radius 3 is 2.84 bits per heavy atom. The molecule has 1 aromatic carbocycles. The first-order chi connectivity index (χ1) is 9.42. The van der Waals surface area contributed by atoms with Crippen LogP contribution in [-0.2, 0) is 0 Å². The lowest BCUT2D eigenvalue weighted by atomic mass is 10.3. The van der Waals surface area contributed by atoms with E-state index in [2.05, 4.69) is 27.8 Å². The molecule has 1 N–H and O–H groups in total. The minimum absolute atomic E-state index is 0.849. The van der Waals surface area contributed by atoms with E-state index in [1.807, 2.05) is 30.3 Å². The Morgan fingerprint density at radius 1 is 1.21 bits per heavy atom. The molecule has 0 aliphatic rings. The Balaban J connectivity index is 1.83. The van der Waals surface area contributed by atoms with Gasteiger partial charge in [0.15, 0.2) is 0 Å². The van der Waals surface area contributed by atoms with Gasteiger partial charge in [-0.25, -0.2) is 0 Å². The first kappa shape index (κ1) is 14.0. The SMILES string of the molecule is CCCNCCCSc1nnnn1-c1ccccc1. The predicted molar refractivity (Wildman–Crippen MR) is 77.7 cm³/mol. The van der Waals surface area contributed by atoms with Crippen molar-refractivity contribution >= 4 is 11.8 Å². The lowest BCUT2D eigenvalue weighted by Crippen LogP contribution is -2.16. The first-order valence-electron chi connectivity index (χ1n) is 6.59. The van der Waals surface area contributed by atoms with E-state index in [4.69, 9.17) is 0 Å². The fraction of sp³-hybridized carbons (Fsp3) is 0.462. The van der Waals surface area contributed by atoms with Gasteiger partial charge in [-0.1, -0.05) is 36.9 Å². The van der Waals surface area contributed by atoms with Gasteiger partial charge in [0, 0.05) is 5.75 Å². The van der Waals surface area contributed by atoms with Gasteiger partial charge < -0.3 is 5.32 Å². The number of nitrogens with zero attached hydrogens (tertiary/aromatic N) is 4. The van der Waals surface area contributed by atoms with E-state index >= 15 is 0 Å². The number of aromatic nitrogens is 4. The summed E-state index contributed by atoms with van der Waals surface area (Å²) in [5.74, 6) is 1.02. The van der Waals surface area contributed by atoms with Crippen molar-refractivity contribution in [3.05, 3.63) is 30.3 Å². The molecule has 2 aromatic rings. The van der Waals surface area contributed by atoms with E-state index in [9.17, 15) is 0 Å². The van der Waals surface area contributed by atoms with Crippen molar-refractivity contribution in [2.45, 2.75) is 24.9 Å². The number of nitrogens with one attached hydrogen (secondary N) is 1. The van der Waals surface area contributed by atoms with Crippen LogP contribution in [0.4, 0.5) is 0 Å². The van der Waals surface area contributed by atoms with E-state index in [-0.39, 0.29) is 0 Å². The van der Waals surface area contributed by atoms with Gasteiger partial charge in [-0.3, -0.25) is 0 Å². The quantitative estimate of drug-likeness (QED) is 0.592. The molecular weight excluding hydrogens is 258 g/mol. The van der Waals surface area contributed by atoms with Crippen LogP contribution in [0.15, 0.2) is 35.5 Å². The van der Waals surface area contributed by atoms with Crippen molar-refractivity contribution < 1.29 is 0 Å². The zero-order chi connectivity index (χ0) is 13.3.